The molecule has 1 amide bonds. The lowest BCUT2D eigenvalue weighted by Gasteiger charge is -2.32. The Morgan fingerprint density at radius 1 is 1.11 bits per heavy atom. The van der Waals surface area contributed by atoms with Crippen molar-refractivity contribution >= 4 is 23.6 Å². The highest BCUT2D eigenvalue weighted by atomic mass is 16.2. The van der Waals surface area contributed by atoms with Crippen LogP contribution in [0.3, 0.4) is 0 Å². The normalized spacial score (nSPS) is 17.4. The number of rotatable bonds is 6. The van der Waals surface area contributed by atoms with Crippen LogP contribution in [0.25, 0.3) is 0 Å². The maximum Gasteiger partial charge on any atom is 0.272 e. The van der Waals surface area contributed by atoms with E-state index in [1.807, 2.05) is 6.92 Å². The van der Waals surface area contributed by atoms with Crippen molar-refractivity contribution in [1.29, 1.82) is 0 Å². The van der Waals surface area contributed by atoms with Crippen molar-refractivity contribution < 1.29 is 4.79 Å². The third kappa shape index (κ3) is 4.50. The Morgan fingerprint density at radius 2 is 1.89 bits per heavy atom. The maximum absolute atomic E-state index is 12.0. The molecule has 0 unspecified atom stereocenters. The zero-order valence-electron chi connectivity index (χ0n) is 16.2. The lowest BCUT2D eigenvalue weighted by atomic mass is 10.3. The molecule has 2 N–H and O–H groups in total. The summed E-state index contributed by atoms with van der Waals surface area (Å²) in [5.74, 6) is 2.13. The summed E-state index contributed by atoms with van der Waals surface area (Å²) in [6.07, 6.45) is 2.78. The fourth-order valence-electron chi connectivity index (χ4n) is 2.89. The quantitative estimate of drug-likeness (QED) is 0.741. The van der Waals surface area contributed by atoms with Crippen molar-refractivity contribution in [2.45, 2.75) is 32.2 Å². The summed E-state index contributed by atoms with van der Waals surface area (Å²) >= 11 is 0. The van der Waals surface area contributed by atoms with Gasteiger partial charge in [0.25, 0.3) is 5.91 Å². The molecule has 2 aromatic heterocycles. The van der Waals surface area contributed by atoms with Crippen molar-refractivity contribution in [2.24, 2.45) is 0 Å². The summed E-state index contributed by atoms with van der Waals surface area (Å²) in [5.41, 5.74) is 0.306. The van der Waals surface area contributed by atoms with Gasteiger partial charge in [0.1, 0.15) is 5.82 Å². The Kier molecular flexibility index (Phi) is 5.29. The summed E-state index contributed by atoms with van der Waals surface area (Å²) in [4.78, 5) is 30.0. The van der Waals surface area contributed by atoms with Gasteiger partial charge < -0.3 is 20.4 Å². The summed E-state index contributed by atoms with van der Waals surface area (Å²) < 4.78 is 0. The highest BCUT2D eigenvalue weighted by molar-refractivity contribution is 5.92. The fourth-order valence-corrected chi connectivity index (χ4v) is 2.89. The number of carbonyl (C=O) groups is 1. The van der Waals surface area contributed by atoms with Crippen molar-refractivity contribution in [3.63, 3.8) is 0 Å². The first-order chi connectivity index (χ1) is 13.6. The Bertz CT molecular complexity index is 829. The summed E-state index contributed by atoms with van der Waals surface area (Å²) in [5, 5.41) is 14.1. The molecule has 1 saturated carbocycles. The molecule has 10 nitrogen and oxygen atoms in total. The molecule has 1 aliphatic carbocycles. The molecule has 4 rings (SSSR count). The topological polar surface area (TPSA) is 112 Å². The number of nitrogens with one attached hydrogen (secondary N) is 2. The number of likely N-dealkylation sites (N-methyl/N-ethyl adjacent to an activating group) is 1. The van der Waals surface area contributed by atoms with E-state index in [1.54, 1.807) is 12.1 Å². The third-order valence-corrected chi connectivity index (χ3v) is 4.82. The second-order valence-corrected chi connectivity index (χ2v) is 7.20. The minimum atomic E-state index is -0.188. The van der Waals surface area contributed by atoms with Gasteiger partial charge in [-0.2, -0.15) is 15.0 Å². The van der Waals surface area contributed by atoms with E-state index < -0.39 is 0 Å². The van der Waals surface area contributed by atoms with Crippen molar-refractivity contribution in [3.8, 4) is 0 Å². The standard InChI is InChI=1S/C18H25N9O/c1-3-14-20-17(23-18(22-14)27-10-8-26(2)9-11-27)21-15-7-6-13(24-25-15)16(28)19-12-4-5-12/h6-7,12H,3-5,8-11H2,1-2H3,(H,19,28)(H,20,21,22,23,25). The van der Waals surface area contributed by atoms with Gasteiger partial charge in [-0.05, 0) is 32.0 Å². The Morgan fingerprint density at radius 3 is 2.54 bits per heavy atom. The van der Waals surface area contributed by atoms with Gasteiger partial charge in [0, 0.05) is 38.6 Å². The molecule has 2 aliphatic rings. The Balaban J connectivity index is 1.47. The van der Waals surface area contributed by atoms with Gasteiger partial charge in [0.05, 0.1) is 0 Å². The molecule has 10 heteroatoms. The van der Waals surface area contributed by atoms with Crippen molar-refractivity contribution in [3.05, 3.63) is 23.7 Å². The Labute approximate surface area is 163 Å². The van der Waals surface area contributed by atoms with E-state index in [1.165, 1.54) is 0 Å². The molecule has 28 heavy (non-hydrogen) atoms. The lowest BCUT2D eigenvalue weighted by molar-refractivity contribution is 0.0945. The third-order valence-electron chi connectivity index (χ3n) is 4.82. The number of nitrogens with zero attached hydrogens (tertiary/aromatic N) is 7. The lowest BCUT2D eigenvalue weighted by Crippen LogP contribution is -2.45. The van der Waals surface area contributed by atoms with Gasteiger partial charge in [0.15, 0.2) is 11.5 Å². The molecular formula is C18H25N9O. The highest BCUT2D eigenvalue weighted by Gasteiger charge is 2.24. The van der Waals surface area contributed by atoms with Gasteiger partial charge >= 0.3 is 0 Å². The molecule has 1 saturated heterocycles. The predicted octanol–water partition coefficient (Wildman–Crippen LogP) is 0.612. The largest absolute Gasteiger partial charge is 0.348 e. The molecule has 0 radical (unpaired) electrons. The van der Waals surface area contributed by atoms with Crippen LogP contribution in [0.15, 0.2) is 12.1 Å². The molecule has 0 aromatic carbocycles. The van der Waals surface area contributed by atoms with Crippen LogP contribution in [-0.4, -0.2) is 75.2 Å². The minimum absolute atomic E-state index is 0.188. The van der Waals surface area contributed by atoms with E-state index in [9.17, 15) is 4.79 Å². The van der Waals surface area contributed by atoms with Gasteiger partial charge in [-0.15, -0.1) is 10.2 Å². The van der Waals surface area contributed by atoms with Crippen LogP contribution in [0.1, 0.15) is 36.1 Å². The number of amides is 1. The van der Waals surface area contributed by atoms with E-state index in [2.05, 4.69) is 52.6 Å². The zero-order chi connectivity index (χ0) is 19.5. The molecule has 1 aliphatic heterocycles. The SMILES string of the molecule is CCc1nc(Nc2ccc(C(=O)NC3CC3)nn2)nc(N2CCN(C)CC2)n1. The number of aryl methyl sites for hydroxylation is 1. The zero-order valence-corrected chi connectivity index (χ0v) is 16.2. The van der Waals surface area contributed by atoms with Crippen LogP contribution < -0.4 is 15.5 Å². The first-order valence-electron chi connectivity index (χ1n) is 9.71. The van der Waals surface area contributed by atoms with Crippen LogP contribution in [0.2, 0.25) is 0 Å². The monoisotopic (exact) mass is 383 g/mol. The molecule has 0 atom stereocenters. The summed E-state index contributed by atoms with van der Waals surface area (Å²) in [6, 6.07) is 3.65. The van der Waals surface area contributed by atoms with Gasteiger partial charge in [0.2, 0.25) is 11.9 Å². The van der Waals surface area contributed by atoms with Crippen molar-refractivity contribution in [2.75, 3.05) is 43.4 Å². The maximum atomic E-state index is 12.0. The molecule has 2 fully saturated rings. The van der Waals surface area contributed by atoms with Gasteiger partial charge in [-0.1, -0.05) is 6.92 Å². The van der Waals surface area contributed by atoms with E-state index in [0.29, 0.717) is 29.8 Å². The summed E-state index contributed by atoms with van der Waals surface area (Å²) in [7, 11) is 2.11. The number of anilines is 3. The minimum Gasteiger partial charge on any atom is -0.348 e. The van der Waals surface area contributed by atoms with Crippen LogP contribution in [0.4, 0.5) is 17.7 Å². The first kappa shape index (κ1) is 18.5. The van der Waals surface area contributed by atoms with E-state index in [0.717, 1.165) is 44.8 Å². The molecule has 3 heterocycles. The van der Waals surface area contributed by atoms with E-state index >= 15 is 0 Å². The summed E-state index contributed by atoms with van der Waals surface area (Å²) in [6.45, 7) is 5.74. The molecular weight excluding hydrogens is 358 g/mol. The predicted molar refractivity (Wildman–Crippen MR) is 105 cm³/mol. The average Bonchev–Trinajstić information content (AvgIpc) is 3.53. The smallest absolute Gasteiger partial charge is 0.272 e. The van der Waals surface area contributed by atoms with E-state index in [4.69, 9.17) is 0 Å². The second kappa shape index (κ2) is 8.01. The molecule has 148 valence electrons. The van der Waals surface area contributed by atoms with Crippen molar-refractivity contribution in [1.82, 2.24) is 35.4 Å². The molecule has 0 bridgehead atoms. The first-order valence-corrected chi connectivity index (χ1v) is 9.71. The Hall–Kier alpha value is -2.88. The van der Waals surface area contributed by atoms with Crippen LogP contribution in [0, 0.1) is 0 Å². The van der Waals surface area contributed by atoms with Crippen LogP contribution in [-0.2, 0) is 6.42 Å². The number of carbonyl (C=O) groups excluding carboxylic acids is 1. The van der Waals surface area contributed by atoms with Gasteiger partial charge in [-0.25, -0.2) is 0 Å². The van der Waals surface area contributed by atoms with Crippen LogP contribution >= 0.6 is 0 Å². The number of piperazine rings is 1. The molecule has 2 aromatic rings. The van der Waals surface area contributed by atoms with Crippen LogP contribution in [0.5, 0.6) is 0 Å². The fraction of sp³-hybridized carbons (Fsp3) is 0.556. The average molecular weight is 383 g/mol. The number of hydrogen-bond donors (Lipinski definition) is 2. The van der Waals surface area contributed by atoms with E-state index in [-0.39, 0.29) is 11.9 Å². The second-order valence-electron chi connectivity index (χ2n) is 7.20. The molecule has 0 spiro atoms. The number of hydrogen-bond acceptors (Lipinski definition) is 9. The highest BCUT2D eigenvalue weighted by Crippen LogP contribution is 2.19. The number of aromatic nitrogens is 5. The van der Waals surface area contributed by atoms with Gasteiger partial charge in [-0.3, -0.25) is 4.79 Å².